The summed E-state index contributed by atoms with van der Waals surface area (Å²) in [6, 6.07) is 7.88. The molecule has 0 saturated carbocycles. The van der Waals surface area contributed by atoms with E-state index in [0.717, 1.165) is 10.0 Å². The fraction of sp³-hybridized carbons (Fsp3) is 0.286. The third kappa shape index (κ3) is 2.85. The predicted molar refractivity (Wildman–Crippen MR) is 81.1 cm³/mol. The molecule has 0 aliphatic rings. The lowest BCUT2D eigenvalue weighted by atomic mass is 10.1. The zero-order valence-corrected chi connectivity index (χ0v) is 13.1. The zero-order chi connectivity index (χ0) is 14.9. The first kappa shape index (κ1) is 14.6. The minimum atomic E-state index is -0.971. The molecular weight excluding hydrogens is 322 g/mol. The van der Waals surface area contributed by atoms with Gasteiger partial charge in [-0.25, -0.2) is 4.79 Å². The second-order valence-electron chi connectivity index (χ2n) is 4.66. The molecule has 0 fully saturated rings. The van der Waals surface area contributed by atoms with E-state index >= 15 is 0 Å². The Bertz CT molecular complexity index is 635. The Kier molecular flexibility index (Phi) is 4.13. The maximum Gasteiger partial charge on any atom is 0.341 e. The highest BCUT2D eigenvalue weighted by molar-refractivity contribution is 9.10. The number of halogens is 1. The van der Waals surface area contributed by atoms with Crippen LogP contribution in [0.3, 0.4) is 0 Å². The van der Waals surface area contributed by atoms with Gasteiger partial charge in [0.05, 0.1) is 5.69 Å². The normalized spacial score (nSPS) is 12.2. The summed E-state index contributed by atoms with van der Waals surface area (Å²) < 4.78 is 2.57. The largest absolute Gasteiger partial charge is 0.477 e. The van der Waals surface area contributed by atoms with E-state index in [2.05, 4.69) is 26.3 Å². The number of aromatic carboxylic acids is 1. The van der Waals surface area contributed by atoms with Crippen molar-refractivity contribution in [3.63, 3.8) is 0 Å². The molecule has 1 unspecified atom stereocenters. The second kappa shape index (κ2) is 5.66. The molecule has 2 rings (SSSR count). The summed E-state index contributed by atoms with van der Waals surface area (Å²) in [5.74, 6) is -0.452. The Morgan fingerprint density at radius 1 is 1.40 bits per heavy atom. The van der Waals surface area contributed by atoms with E-state index in [1.54, 1.807) is 18.7 Å². The minimum Gasteiger partial charge on any atom is -0.477 e. The molecule has 0 bridgehead atoms. The molecule has 0 aliphatic heterocycles. The molecule has 6 heteroatoms. The van der Waals surface area contributed by atoms with Crippen molar-refractivity contribution in [1.82, 2.24) is 9.78 Å². The molecule has 1 atom stereocenters. The van der Waals surface area contributed by atoms with Gasteiger partial charge in [-0.2, -0.15) is 5.10 Å². The lowest BCUT2D eigenvalue weighted by Gasteiger charge is -2.16. The standard InChI is InChI=1S/C14H16BrN3O2/c1-8(10-4-6-11(15)7-5-10)16-13-12(14(19)20)9(2)17-18(13)3/h4-8,16H,1-3H3,(H,19,20). The topological polar surface area (TPSA) is 67.2 Å². The van der Waals surface area contributed by atoms with Crippen LogP contribution in [0.1, 0.15) is 34.6 Å². The van der Waals surface area contributed by atoms with Crippen molar-refractivity contribution < 1.29 is 9.90 Å². The van der Waals surface area contributed by atoms with Crippen LogP contribution in [0.2, 0.25) is 0 Å². The molecule has 0 saturated heterocycles. The average molecular weight is 338 g/mol. The van der Waals surface area contributed by atoms with Gasteiger partial charge in [-0.05, 0) is 31.5 Å². The van der Waals surface area contributed by atoms with Crippen molar-refractivity contribution in [2.24, 2.45) is 7.05 Å². The highest BCUT2D eigenvalue weighted by atomic mass is 79.9. The van der Waals surface area contributed by atoms with E-state index in [1.165, 1.54) is 0 Å². The minimum absolute atomic E-state index is 0.0176. The summed E-state index contributed by atoms with van der Waals surface area (Å²) in [6.07, 6.45) is 0. The molecule has 0 aliphatic carbocycles. The Labute approximate surface area is 125 Å². The molecule has 1 aromatic heterocycles. The number of nitrogens with one attached hydrogen (secondary N) is 1. The van der Waals surface area contributed by atoms with Gasteiger partial charge in [-0.1, -0.05) is 28.1 Å². The number of carboxylic acid groups (broad SMARTS) is 1. The predicted octanol–water partition coefficient (Wildman–Crippen LogP) is 3.36. The maximum atomic E-state index is 11.3. The third-order valence-corrected chi connectivity index (χ3v) is 3.69. The first-order chi connectivity index (χ1) is 9.40. The fourth-order valence-corrected chi connectivity index (χ4v) is 2.38. The number of hydrogen-bond donors (Lipinski definition) is 2. The molecule has 1 heterocycles. The molecule has 1 aromatic carbocycles. The molecule has 2 aromatic rings. The van der Waals surface area contributed by atoms with Crippen molar-refractivity contribution in [2.45, 2.75) is 19.9 Å². The first-order valence-electron chi connectivity index (χ1n) is 6.19. The van der Waals surface area contributed by atoms with Gasteiger partial charge in [0.1, 0.15) is 11.4 Å². The quantitative estimate of drug-likeness (QED) is 0.897. The van der Waals surface area contributed by atoms with Gasteiger partial charge in [-0.3, -0.25) is 4.68 Å². The molecule has 0 radical (unpaired) electrons. The Morgan fingerprint density at radius 3 is 2.55 bits per heavy atom. The SMILES string of the molecule is Cc1nn(C)c(NC(C)c2ccc(Br)cc2)c1C(=O)O. The molecule has 0 spiro atoms. The van der Waals surface area contributed by atoms with Crippen molar-refractivity contribution in [3.8, 4) is 0 Å². The summed E-state index contributed by atoms with van der Waals surface area (Å²) >= 11 is 3.39. The van der Waals surface area contributed by atoms with Crippen molar-refractivity contribution >= 4 is 27.7 Å². The van der Waals surface area contributed by atoms with Crippen LogP contribution in [0.25, 0.3) is 0 Å². The van der Waals surface area contributed by atoms with Gasteiger partial charge >= 0.3 is 5.97 Å². The van der Waals surface area contributed by atoms with Gasteiger partial charge in [0.25, 0.3) is 0 Å². The molecule has 20 heavy (non-hydrogen) atoms. The molecule has 106 valence electrons. The number of benzene rings is 1. The van der Waals surface area contributed by atoms with Crippen LogP contribution >= 0.6 is 15.9 Å². The Morgan fingerprint density at radius 2 is 2.00 bits per heavy atom. The lowest BCUT2D eigenvalue weighted by molar-refractivity contribution is 0.0697. The monoisotopic (exact) mass is 337 g/mol. The van der Waals surface area contributed by atoms with Crippen LogP contribution in [0.4, 0.5) is 5.82 Å². The van der Waals surface area contributed by atoms with Crippen molar-refractivity contribution in [2.75, 3.05) is 5.32 Å². The number of carboxylic acids is 1. The van der Waals surface area contributed by atoms with Crippen LogP contribution in [-0.4, -0.2) is 20.9 Å². The summed E-state index contributed by atoms with van der Waals surface area (Å²) in [5.41, 5.74) is 1.80. The van der Waals surface area contributed by atoms with Gasteiger partial charge in [0.2, 0.25) is 0 Å². The van der Waals surface area contributed by atoms with E-state index in [-0.39, 0.29) is 11.6 Å². The number of carbonyl (C=O) groups is 1. The van der Waals surface area contributed by atoms with Gasteiger partial charge in [0.15, 0.2) is 0 Å². The van der Waals surface area contributed by atoms with E-state index in [0.29, 0.717) is 11.5 Å². The van der Waals surface area contributed by atoms with Gasteiger partial charge < -0.3 is 10.4 Å². The number of anilines is 1. The summed E-state index contributed by atoms with van der Waals surface area (Å²) in [6.45, 7) is 3.68. The van der Waals surface area contributed by atoms with E-state index in [4.69, 9.17) is 0 Å². The summed E-state index contributed by atoms with van der Waals surface area (Å²) in [7, 11) is 1.73. The van der Waals surface area contributed by atoms with Crippen molar-refractivity contribution in [3.05, 3.63) is 45.6 Å². The van der Waals surface area contributed by atoms with Crippen LogP contribution in [0.5, 0.6) is 0 Å². The number of nitrogens with zero attached hydrogens (tertiary/aromatic N) is 2. The summed E-state index contributed by atoms with van der Waals surface area (Å²) in [4.78, 5) is 11.3. The first-order valence-corrected chi connectivity index (χ1v) is 6.98. The smallest absolute Gasteiger partial charge is 0.341 e. The Hall–Kier alpha value is -1.82. The zero-order valence-electron chi connectivity index (χ0n) is 11.5. The van der Waals surface area contributed by atoms with Gasteiger partial charge in [0, 0.05) is 17.6 Å². The average Bonchev–Trinajstić information content (AvgIpc) is 2.64. The number of hydrogen-bond acceptors (Lipinski definition) is 3. The third-order valence-electron chi connectivity index (χ3n) is 3.16. The van der Waals surface area contributed by atoms with Crippen LogP contribution < -0.4 is 5.32 Å². The van der Waals surface area contributed by atoms with E-state index in [1.807, 2.05) is 31.2 Å². The molecule has 5 nitrogen and oxygen atoms in total. The van der Waals surface area contributed by atoms with Crippen molar-refractivity contribution in [1.29, 1.82) is 0 Å². The van der Waals surface area contributed by atoms with Crippen LogP contribution in [0.15, 0.2) is 28.7 Å². The van der Waals surface area contributed by atoms with E-state index in [9.17, 15) is 9.90 Å². The summed E-state index contributed by atoms with van der Waals surface area (Å²) in [5, 5.41) is 16.7. The lowest BCUT2D eigenvalue weighted by Crippen LogP contribution is -2.13. The van der Waals surface area contributed by atoms with Crippen LogP contribution in [0, 0.1) is 6.92 Å². The maximum absolute atomic E-state index is 11.3. The number of rotatable bonds is 4. The van der Waals surface area contributed by atoms with Crippen LogP contribution in [-0.2, 0) is 7.05 Å². The Balaban J connectivity index is 2.30. The second-order valence-corrected chi connectivity index (χ2v) is 5.57. The number of aromatic nitrogens is 2. The molecular formula is C14H16BrN3O2. The highest BCUT2D eigenvalue weighted by Gasteiger charge is 2.21. The van der Waals surface area contributed by atoms with Gasteiger partial charge in [-0.15, -0.1) is 0 Å². The fourth-order valence-electron chi connectivity index (χ4n) is 2.12. The van der Waals surface area contributed by atoms with E-state index < -0.39 is 5.97 Å². The molecule has 2 N–H and O–H groups in total. The highest BCUT2D eigenvalue weighted by Crippen LogP contribution is 2.25. The molecule has 0 amide bonds. The number of aryl methyl sites for hydroxylation is 2.